The van der Waals surface area contributed by atoms with Crippen molar-refractivity contribution in [3.05, 3.63) is 55.4 Å². The average molecular weight is 325 g/mol. The van der Waals surface area contributed by atoms with Crippen LogP contribution in [0, 0.1) is 28.4 Å². The Morgan fingerprint density at radius 1 is 1.39 bits per heavy atom. The van der Waals surface area contributed by atoms with Gasteiger partial charge in [-0.2, -0.15) is 5.26 Å². The molecule has 0 atom stereocenters. The molecule has 6 heteroatoms. The Hall–Kier alpha value is -2.52. The molecule has 23 heavy (non-hydrogen) atoms. The second kappa shape index (κ2) is 6.31. The van der Waals surface area contributed by atoms with E-state index in [0.717, 1.165) is 31.2 Å². The average Bonchev–Trinajstić information content (AvgIpc) is 2.91. The van der Waals surface area contributed by atoms with E-state index in [9.17, 15) is 15.4 Å². The lowest BCUT2D eigenvalue weighted by Crippen LogP contribution is -1.99. The highest BCUT2D eigenvalue weighted by molar-refractivity contribution is 7.16. The number of nitro groups is 1. The van der Waals surface area contributed by atoms with Gasteiger partial charge in [-0.25, -0.2) is 4.99 Å². The quantitative estimate of drug-likeness (QED) is 0.474. The highest BCUT2D eigenvalue weighted by Gasteiger charge is 2.20. The van der Waals surface area contributed by atoms with Gasteiger partial charge in [-0.05, 0) is 43.7 Å². The van der Waals surface area contributed by atoms with Gasteiger partial charge in [0.2, 0.25) is 0 Å². The molecule has 0 N–H and O–H groups in total. The van der Waals surface area contributed by atoms with E-state index in [4.69, 9.17) is 0 Å². The summed E-state index contributed by atoms with van der Waals surface area (Å²) in [5.74, 6) is 0. The molecular formula is C17H15N3O2S. The Morgan fingerprint density at radius 3 is 2.91 bits per heavy atom. The maximum Gasteiger partial charge on any atom is 0.272 e. The minimum atomic E-state index is -0.392. The molecule has 1 aliphatic rings. The van der Waals surface area contributed by atoms with Crippen LogP contribution in [0.5, 0.6) is 0 Å². The summed E-state index contributed by atoms with van der Waals surface area (Å²) in [6.45, 7) is 1.71. The number of nitro benzene ring substituents is 1. The third kappa shape index (κ3) is 3.01. The topological polar surface area (TPSA) is 79.3 Å². The van der Waals surface area contributed by atoms with Crippen molar-refractivity contribution in [2.45, 2.75) is 32.6 Å². The van der Waals surface area contributed by atoms with Crippen LogP contribution in [0.15, 0.2) is 23.2 Å². The van der Waals surface area contributed by atoms with Crippen LogP contribution in [0.25, 0.3) is 0 Å². The van der Waals surface area contributed by atoms with Crippen LogP contribution < -0.4 is 0 Å². The molecule has 1 aromatic carbocycles. The fourth-order valence-electron chi connectivity index (χ4n) is 2.79. The molecule has 0 radical (unpaired) electrons. The predicted octanol–water partition coefficient (Wildman–Crippen LogP) is 4.47. The highest BCUT2D eigenvalue weighted by Crippen LogP contribution is 2.39. The molecule has 0 unspecified atom stereocenters. The zero-order chi connectivity index (χ0) is 16.4. The van der Waals surface area contributed by atoms with E-state index in [1.54, 1.807) is 36.6 Å². The van der Waals surface area contributed by atoms with Gasteiger partial charge in [0.05, 0.1) is 10.5 Å². The third-order valence-electron chi connectivity index (χ3n) is 4.03. The number of nitriles is 1. The Labute approximate surface area is 138 Å². The van der Waals surface area contributed by atoms with Crippen molar-refractivity contribution in [3.8, 4) is 6.07 Å². The van der Waals surface area contributed by atoms with Gasteiger partial charge in [0.1, 0.15) is 11.1 Å². The summed E-state index contributed by atoms with van der Waals surface area (Å²) < 4.78 is 0. The first-order valence-electron chi connectivity index (χ1n) is 7.44. The SMILES string of the molecule is Cc1ccc(C=Nc2sc3c(c2C#N)CCCC3)cc1[N+](=O)[O-]. The summed E-state index contributed by atoms with van der Waals surface area (Å²) in [6, 6.07) is 7.29. The van der Waals surface area contributed by atoms with E-state index in [1.165, 1.54) is 10.9 Å². The predicted molar refractivity (Wildman–Crippen MR) is 90.8 cm³/mol. The molecule has 0 fully saturated rings. The zero-order valence-electron chi connectivity index (χ0n) is 12.7. The van der Waals surface area contributed by atoms with Gasteiger partial charge < -0.3 is 0 Å². The van der Waals surface area contributed by atoms with Crippen molar-refractivity contribution < 1.29 is 4.92 Å². The van der Waals surface area contributed by atoms with Gasteiger partial charge in [-0.1, -0.05) is 12.1 Å². The Balaban J connectivity index is 1.95. The number of aliphatic imine (C=N–C) groups is 1. The molecule has 116 valence electrons. The van der Waals surface area contributed by atoms with Crippen molar-refractivity contribution in [3.63, 3.8) is 0 Å². The summed E-state index contributed by atoms with van der Waals surface area (Å²) in [4.78, 5) is 16.3. The van der Waals surface area contributed by atoms with E-state index in [0.29, 0.717) is 21.7 Å². The number of benzene rings is 1. The lowest BCUT2D eigenvalue weighted by Gasteiger charge is -2.09. The standard InChI is InChI=1S/C17H15N3O2S/c1-11-6-7-12(8-15(11)20(21)22)10-19-17-14(9-18)13-4-2-3-5-16(13)23-17/h6-8,10H,2-5H2,1H3. The maximum atomic E-state index is 11.0. The molecule has 5 nitrogen and oxygen atoms in total. The largest absolute Gasteiger partial charge is 0.272 e. The first-order chi connectivity index (χ1) is 11.1. The molecule has 0 bridgehead atoms. The number of thiophene rings is 1. The minimum Gasteiger partial charge on any atom is -0.258 e. The van der Waals surface area contributed by atoms with Crippen molar-refractivity contribution in [2.75, 3.05) is 0 Å². The Bertz CT molecular complexity index is 846. The monoisotopic (exact) mass is 325 g/mol. The van der Waals surface area contributed by atoms with Gasteiger partial charge in [-0.3, -0.25) is 10.1 Å². The molecule has 1 heterocycles. The van der Waals surface area contributed by atoms with Crippen molar-refractivity contribution in [2.24, 2.45) is 4.99 Å². The lowest BCUT2D eigenvalue weighted by molar-refractivity contribution is -0.385. The van der Waals surface area contributed by atoms with Crippen LogP contribution in [0.1, 0.15) is 40.0 Å². The summed E-state index contributed by atoms with van der Waals surface area (Å²) in [5, 5.41) is 21.1. The number of rotatable bonds is 3. The number of hydrogen-bond donors (Lipinski definition) is 0. The molecule has 0 saturated heterocycles. The summed E-state index contributed by atoms with van der Waals surface area (Å²) in [7, 11) is 0. The van der Waals surface area contributed by atoms with E-state index in [2.05, 4.69) is 11.1 Å². The molecular weight excluding hydrogens is 310 g/mol. The molecule has 3 rings (SSSR count). The smallest absolute Gasteiger partial charge is 0.258 e. The van der Waals surface area contributed by atoms with Gasteiger partial charge in [0.25, 0.3) is 5.69 Å². The summed E-state index contributed by atoms with van der Waals surface area (Å²) in [6.07, 6.45) is 5.84. The molecule has 1 aliphatic carbocycles. The highest BCUT2D eigenvalue weighted by atomic mass is 32.1. The van der Waals surface area contributed by atoms with Gasteiger partial charge in [0.15, 0.2) is 0 Å². The first-order valence-corrected chi connectivity index (χ1v) is 8.25. The second-order valence-electron chi connectivity index (χ2n) is 5.56. The zero-order valence-corrected chi connectivity index (χ0v) is 13.5. The first kappa shape index (κ1) is 15.4. The maximum absolute atomic E-state index is 11.0. The van der Waals surface area contributed by atoms with E-state index >= 15 is 0 Å². The van der Waals surface area contributed by atoms with Crippen LogP contribution in [-0.2, 0) is 12.8 Å². The lowest BCUT2D eigenvalue weighted by atomic mass is 9.96. The molecule has 0 saturated carbocycles. The second-order valence-corrected chi connectivity index (χ2v) is 6.65. The minimum absolute atomic E-state index is 0.0833. The van der Waals surface area contributed by atoms with Crippen LogP contribution >= 0.6 is 11.3 Å². The summed E-state index contributed by atoms with van der Waals surface area (Å²) >= 11 is 1.57. The van der Waals surface area contributed by atoms with Crippen LogP contribution in [-0.4, -0.2) is 11.1 Å². The van der Waals surface area contributed by atoms with Gasteiger partial charge in [-0.15, -0.1) is 11.3 Å². The van der Waals surface area contributed by atoms with Crippen molar-refractivity contribution in [1.82, 2.24) is 0 Å². The number of nitrogens with zero attached hydrogens (tertiary/aromatic N) is 3. The van der Waals surface area contributed by atoms with Gasteiger partial charge in [0, 0.05) is 22.7 Å². The van der Waals surface area contributed by atoms with Crippen LogP contribution in [0.3, 0.4) is 0 Å². The van der Waals surface area contributed by atoms with E-state index < -0.39 is 4.92 Å². The fraction of sp³-hybridized carbons (Fsp3) is 0.294. The Kier molecular flexibility index (Phi) is 4.22. The molecule has 0 amide bonds. The number of fused-ring (bicyclic) bond motifs is 1. The van der Waals surface area contributed by atoms with Crippen molar-refractivity contribution in [1.29, 1.82) is 5.26 Å². The molecule has 1 aromatic heterocycles. The normalized spacial score (nSPS) is 13.7. The van der Waals surface area contributed by atoms with E-state index in [1.807, 2.05) is 0 Å². The molecule has 2 aromatic rings. The fourth-order valence-corrected chi connectivity index (χ4v) is 3.98. The van der Waals surface area contributed by atoms with Crippen LogP contribution in [0.2, 0.25) is 0 Å². The van der Waals surface area contributed by atoms with E-state index in [-0.39, 0.29) is 5.69 Å². The van der Waals surface area contributed by atoms with Crippen molar-refractivity contribution >= 4 is 28.2 Å². The summed E-state index contributed by atoms with van der Waals surface area (Å²) in [5.41, 5.74) is 3.18. The van der Waals surface area contributed by atoms with Crippen LogP contribution in [0.4, 0.5) is 10.7 Å². The molecule has 0 aliphatic heterocycles. The third-order valence-corrected chi connectivity index (χ3v) is 5.23. The van der Waals surface area contributed by atoms with Gasteiger partial charge >= 0.3 is 0 Å². The molecule has 0 spiro atoms. The Morgan fingerprint density at radius 2 is 2.17 bits per heavy atom. The number of aryl methyl sites for hydroxylation is 2. The number of hydrogen-bond acceptors (Lipinski definition) is 5.